The molecule has 0 atom stereocenters. The topological polar surface area (TPSA) is 50.9 Å². The highest BCUT2D eigenvalue weighted by Gasteiger charge is 2.31. The van der Waals surface area contributed by atoms with Crippen molar-refractivity contribution in [2.45, 2.75) is 26.2 Å². The first kappa shape index (κ1) is 11.3. The normalized spacial score (nSPS) is 17.6. The van der Waals surface area contributed by atoms with Gasteiger partial charge in [0.1, 0.15) is 10.8 Å². The average Bonchev–Trinajstić information content (AvgIpc) is 2.24. The van der Waals surface area contributed by atoms with Crippen molar-refractivity contribution in [3.05, 3.63) is 23.9 Å². The van der Waals surface area contributed by atoms with Crippen LogP contribution >= 0.6 is 12.2 Å². The van der Waals surface area contributed by atoms with E-state index < -0.39 is 0 Å². The van der Waals surface area contributed by atoms with Gasteiger partial charge in [0.2, 0.25) is 0 Å². The van der Waals surface area contributed by atoms with Gasteiger partial charge >= 0.3 is 0 Å². The number of hydrogen-bond acceptors (Lipinski definition) is 3. The van der Waals surface area contributed by atoms with E-state index in [0.29, 0.717) is 16.1 Å². The van der Waals surface area contributed by atoms with Crippen LogP contribution in [0.15, 0.2) is 18.2 Å². The molecule has 0 aliphatic heterocycles. The molecule has 1 fully saturated rings. The molecule has 0 amide bonds. The summed E-state index contributed by atoms with van der Waals surface area (Å²) in [6.07, 6.45) is 3.95. The average molecular weight is 235 g/mol. The molecule has 1 aromatic heterocycles. The summed E-state index contributed by atoms with van der Waals surface area (Å²) in [5.41, 5.74) is 6.67. The molecule has 1 aliphatic rings. The van der Waals surface area contributed by atoms with Crippen molar-refractivity contribution in [3.8, 4) is 0 Å². The second-order valence-electron chi connectivity index (χ2n) is 4.79. The lowest BCUT2D eigenvalue weighted by molar-refractivity contribution is 0.180. The van der Waals surface area contributed by atoms with Crippen LogP contribution in [0.1, 0.15) is 31.9 Å². The second kappa shape index (κ2) is 4.37. The molecular weight excluding hydrogens is 218 g/mol. The predicted octanol–water partition coefficient (Wildman–Crippen LogP) is 2.32. The molecule has 86 valence electrons. The largest absolute Gasteiger partial charge is 0.388 e. The lowest BCUT2D eigenvalue weighted by Gasteiger charge is -2.38. The summed E-state index contributed by atoms with van der Waals surface area (Å²) >= 11 is 4.90. The minimum Gasteiger partial charge on any atom is -0.388 e. The van der Waals surface area contributed by atoms with Gasteiger partial charge in [0, 0.05) is 6.54 Å². The van der Waals surface area contributed by atoms with Crippen molar-refractivity contribution in [2.75, 3.05) is 11.9 Å². The smallest absolute Gasteiger partial charge is 0.126 e. The summed E-state index contributed by atoms with van der Waals surface area (Å²) in [5, 5.41) is 3.36. The number of nitrogens with one attached hydrogen (secondary N) is 1. The number of anilines is 1. The SMILES string of the molecule is CC1(CNc2cccc(C(N)=S)n2)CCC1. The number of nitrogens with zero attached hydrogens (tertiary/aromatic N) is 1. The van der Waals surface area contributed by atoms with E-state index in [1.807, 2.05) is 18.2 Å². The number of pyridine rings is 1. The summed E-state index contributed by atoms with van der Waals surface area (Å²) < 4.78 is 0. The Morgan fingerprint density at radius 2 is 2.31 bits per heavy atom. The molecule has 16 heavy (non-hydrogen) atoms. The van der Waals surface area contributed by atoms with Crippen LogP contribution in [0.3, 0.4) is 0 Å². The Kier molecular flexibility index (Phi) is 3.10. The van der Waals surface area contributed by atoms with Gasteiger partial charge in [-0.25, -0.2) is 4.98 Å². The Labute approximate surface area is 101 Å². The zero-order valence-corrected chi connectivity index (χ0v) is 10.3. The van der Waals surface area contributed by atoms with Crippen LogP contribution in [0.25, 0.3) is 0 Å². The first-order valence-corrected chi connectivity index (χ1v) is 6.01. The molecule has 1 saturated carbocycles. The first-order chi connectivity index (χ1) is 7.59. The highest BCUT2D eigenvalue weighted by Crippen LogP contribution is 2.40. The van der Waals surface area contributed by atoms with Crippen LogP contribution in [0, 0.1) is 5.41 Å². The number of hydrogen-bond donors (Lipinski definition) is 2. The quantitative estimate of drug-likeness (QED) is 0.786. The van der Waals surface area contributed by atoms with Gasteiger partial charge < -0.3 is 11.1 Å². The molecule has 0 saturated heterocycles. The Hall–Kier alpha value is -1.16. The maximum atomic E-state index is 5.54. The summed E-state index contributed by atoms with van der Waals surface area (Å²) in [5.74, 6) is 0.860. The van der Waals surface area contributed by atoms with Crippen molar-refractivity contribution in [1.82, 2.24) is 4.98 Å². The van der Waals surface area contributed by atoms with Crippen LogP contribution in [0.2, 0.25) is 0 Å². The zero-order chi connectivity index (χ0) is 11.6. The van der Waals surface area contributed by atoms with Crippen molar-refractivity contribution in [3.63, 3.8) is 0 Å². The van der Waals surface area contributed by atoms with Crippen molar-refractivity contribution >= 4 is 23.0 Å². The van der Waals surface area contributed by atoms with E-state index in [2.05, 4.69) is 17.2 Å². The van der Waals surface area contributed by atoms with E-state index in [1.54, 1.807) is 0 Å². The Morgan fingerprint density at radius 3 is 2.88 bits per heavy atom. The molecule has 0 bridgehead atoms. The van der Waals surface area contributed by atoms with Gasteiger partial charge in [-0.1, -0.05) is 31.6 Å². The summed E-state index contributed by atoms with van der Waals surface area (Å²) in [6.45, 7) is 3.28. The van der Waals surface area contributed by atoms with Gasteiger partial charge in [0.25, 0.3) is 0 Å². The molecule has 2 rings (SSSR count). The maximum Gasteiger partial charge on any atom is 0.126 e. The van der Waals surface area contributed by atoms with Crippen molar-refractivity contribution in [1.29, 1.82) is 0 Å². The summed E-state index contributed by atoms with van der Waals surface area (Å²) in [4.78, 5) is 4.70. The van der Waals surface area contributed by atoms with E-state index in [1.165, 1.54) is 19.3 Å². The van der Waals surface area contributed by atoms with E-state index >= 15 is 0 Å². The van der Waals surface area contributed by atoms with Crippen LogP contribution in [0.4, 0.5) is 5.82 Å². The van der Waals surface area contributed by atoms with E-state index in [9.17, 15) is 0 Å². The Bertz CT molecular complexity index is 399. The fourth-order valence-electron chi connectivity index (χ4n) is 1.93. The minimum absolute atomic E-state index is 0.346. The third-order valence-corrected chi connectivity index (χ3v) is 3.47. The van der Waals surface area contributed by atoms with E-state index in [0.717, 1.165) is 12.4 Å². The lowest BCUT2D eigenvalue weighted by atomic mass is 9.70. The molecular formula is C12H17N3S. The molecule has 1 heterocycles. The van der Waals surface area contributed by atoms with Gasteiger partial charge in [0.15, 0.2) is 0 Å². The molecule has 3 nitrogen and oxygen atoms in total. The summed E-state index contributed by atoms with van der Waals surface area (Å²) in [6, 6.07) is 5.70. The zero-order valence-electron chi connectivity index (χ0n) is 9.49. The molecule has 3 N–H and O–H groups in total. The number of aromatic nitrogens is 1. The van der Waals surface area contributed by atoms with Crippen molar-refractivity contribution in [2.24, 2.45) is 11.1 Å². The fourth-order valence-corrected chi connectivity index (χ4v) is 2.05. The summed E-state index contributed by atoms with van der Waals surface area (Å²) in [7, 11) is 0. The monoisotopic (exact) mass is 235 g/mol. The number of nitrogens with two attached hydrogens (primary N) is 1. The standard InChI is InChI=1S/C12H17N3S/c1-12(6-3-7-12)8-14-10-5-2-4-9(15-10)11(13)16/h2,4-5H,3,6-8H2,1H3,(H2,13,16)(H,14,15). The predicted molar refractivity (Wildman–Crippen MR) is 70.6 cm³/mol. The van der Waals surface area contributed by atoms with Gasteiger partial charge in [-0.2, -0.15) is 0 Å². The van der Waals surface area contributed by atoms with Gasteiger partial charge in [-0.15, -0.1) is 0 Å². The third-order valence-electron chi connectivity index (χ3n) is 3.26. The van der Waals surface area contributed by atoms with Crippen LogP contribution in [-0.4, -0.2) is 16.5 Å². The molecule has 4 heteroatoms. The van der Waals surface area contributed by atoms with E-state index in [-0.39, 0.29) is 0 Å². The van der Waals surface area contributed by atoms with E-state index in [4.69, 9.17) is 18.0 Å². The highest BCUT2D eigenvalue weighted by molar-refractivity contribution is 7.80. The third kappa shape index (κ3) is 2.50. The molecule has 0 unspecified atom stereocenters. The molecule has 0 aromatic carbocycles. The van der Waals surface area contributed by atoms with Gasteiger partial charge in [-0.05, 0) is 30.4 Å². The maximum absolute atomic E-state index is 5.54. The Balaban J connectivity index is 1.98. The molecule has 0 radical (unpaired) electrons. The van der Waals surface area contributed by atoms with Crippen molar-refractivity contribution < 1.29 is 0 Å². The van der Waals surface area contributed by atoms with Crippen LogP contribution in [0.5, 0.6) is 0 Å². The fraction of sp³-hybridized carbons (Fsp3) is 0.500. The number of rotatable bonds is 4. The second-order valence-corrected chi connectivity index (χ2v) is 5.23. The molecule has 0 spiro atoms. The molecule has 1 aliphatic carbocycles. The number of thiocarbonyl (C=S) groups is 1. The van der Waals surface area contributed by atoms with Gasteiger partial charge in [0.05, 0.1) is 5.69 Å². The lowest BCUT2D eigenvalue weighted by Crippen LogP contribution is -2.33. The highest BCUT2D eigenvalue weighted by atomic mass is 32.1. The van der Waals surface area contributed by atoms with Crippen LogP contribution in [-0.2, 0) is 0 Å². The first-order valence-electron chi connectivity index (χ1n) is 5.60. The van der Waals surface area contributed by atoms with Gasteiger partial charge in [-0.3, -0.25) is 0 Å². The Morgan fingerprint density at radius 1 is 1.56 bits per heavy atom. The van der Waals surface area contributed by atoms with Crippen LogP contribution < -0.4 is 11.1 Å². The molecule has 1 aromatic rings. The minimum atomic E-state index is 0.346.